The van der Waals surface area contributed by atoms with Crippen molar-refractivity contribution in [2.75, 3.05) is 31.6 Å². The van der Waals surface area contributed by atoms with Crippen molar-refractivity contribution in [3.05, 3.63) is 66.2 Å². The van der Waals surface area contributed by atoms with E-state index in [4.69, 9.17) is 14.8 Å². The molecular weight excluding hydrogens is 435 g/mol. The number of benzene rings is 1. The van der Waals surface area contributed by atoms with E-state index in [0.29, 0.717) is 55.4 Å². The van der Waals surface area contributed by atoms with Crippen LogP contribution in [0.3, 0.4) is 0 Å². The van der Waals surface area contributed by atoms with Crippen LogP contribution < -0.4 is 5.32 Å². The van der Waals surface area contributed by atoms with E-state index in [1.54, 1.807) is 33.8 Å². The standard InChI is InChI=1S/C25H23FN6O2/c26-17-6-4-16(5-7-17)23-22(19-10-11-27-25(29-19)28-18-8-9-18)20-2-1-3-21(32(20)30-23)24(33)31-12-14-34-15-13-31/h1-7,10-11,18H,8-9,12-15H2,(H,27,28,29). The lowest BCUT2D eigenvalue weighted by molar-refractivity contribution is 0.0297. The molecule has 8 nitrogen and oxygen atoms in total. The van der Waals surface area contributed by atoms with Gasteiger partial charge in [0.05, 0.1) is 30.0 Å². The van der Waals surface area contributed by atoms with Gasteiger partial charge in [-0.15, -0.1) is 0 Å². The number of anilines is 1. The van der Waals surface area contributed by atoms with Crippen molar-refractivity contribution in [2.45, 2.75) is 18.9 Å². The zero-order chi connectivity index (χ0) is 23.1. The minimum Gasteiger partial charge on any atom is -0.378 e. The van der Waals surface area contributed by atoms with Crippen molar-refractivity contribution in [1.82, 2.24) is 24.5 Å². The van der Waals surface area contributed by atoms with E-state index in [2.05, 4.69) is 10.3 Å². The van der Waals surface area contributed by atoms with Crippen LogP contribution in [0.15, 0.2) is 54.7 Å². The second kappa shape index (κ2) is 8.49. The lowest BCUT2D eigenvalue weighted by Crippen LogP contribution is -2.41. The summed E-state index contributed by atoms with van der Waals surface area (Å²) in [6, 6.07) is 14.0. The number of pyridine rings is 1. The molecule has 1 aromatic carbocycles. The summed E-state index contributed by atoms with van der Waals surface area (Å²) in [5.74, 6) is 0.132. The molecule has 6 rings (SSSR count). The molecule has 1 amide bonds. The fraction of sp³-hybridized carbons (Fsp3) is 0.280. The molecule has 2 aliphatic rings. The van der Waals surface area contributed by atoms with Crippen LogP contribution in [0.2, 0.25) is 0 Å². The van der Waals surface area contributed by atoms with Crippen molar-refractivity contribution in [1.29, 1.82) is 0 Å². The molecule has 172 valence electrons. The molecule has 9 heteroatoms. The third-order valence-corrected chi connectivity index (χ3v) is 6.11. The third kappa shape index (κ3) is 3.88. The molecule has 3 aromatic heterocycles. The topological polar surface area (TPSA) is 84.7 Å². The van der Waals surface area contributed by atoms with Crippen LogP contribution in [-0.4, -0.2) is 62.7 Å². The van der Waals surface area contributed by atoms with Gasteiger partial charge in [0.15, 0.2) is 0 Å². The van der Waals surface area contributed by atoms with Crippen molar-refractivity contribution >= 4 is 17.4 Å². The highest BCUT2D eigenvalue weighted by atomic mass is 19.1. The number of nitrogens with zero attached hydrogens (tertiary/aromatic N) is 5. The zero-order valence-corrected chi connectivity index (χ0v) is 18.4. The molecule has 34 heavy (non-hydrogen) atoms. The van der Waals surface area contributed by atoms with E-state index in [9.17, 15) is 9.18 Å². The van der Waals surface area contributed by atoms with Crippen molar-refractivity contribution in [2.24, 2.45) is 0 Å². The molecule has 4 aromatic rings. The molecule has 1 N–H and O–H groups in total. The van der Waals surface area contributed by atoms with E-state index in [-0.39, 0.29) is 11.7 Å². The van der Waals surface area contributed by atoms with Crippen LogP contribution in [0.1, 0.15) is 23.3 Å². The summed E-state index contributed by atoms with van der Waals surface area (Å²) in [4.78, 5) is 24.2. The number of amides is 1. The maximum atomic E-state index is 13.7. The molecular formula is C25H23FN6O2. The molecule has 1 aliphatic heterocycles. The number of morpholine rings is 1. The molecule has 0 unspecified atom stereocenters. The molecule has 0 atom stereocenters. The summed E-state index contributed by atoms with van der Waals surface area (Å²) < 4.78 is 20.7. The van der Waals surface area contributed by atoms with Gasteiger partial charge in [-0.3, -0.25) is 4.79 Å². The van der Waals surface area contributed by atoms with E-state index in [0.717, 1.165) is 29.5 Å². The first kappa shape index (κ1) is 20.7. The summed E-state index contributed by atoms with van der Waals surface area (Å²) in [5.41, 5.74) is 4.01. The first-order valence-corrected chi connectivity index (χ1v) is 11.4. The fourth-order valence-electron chi connectivity index (χ4n) is 4.20. The number of hydrogen-bond acceptors (Lipinski definition) is 6. The first-order valence-electron chi connectivity index (χ1n) is 11.4. The van der Waals surface area contributed by atoms with Gasteiger partial charge < -0.3 is 15.0 Å². The van der Waals surface area contributed by atoms with Gasteiger partial charge in [0.1, 0.15) is 17.2 Å². The quantitative estimate of drug-likeness (QED) is 0.492. The summed E-state index contributed by atoms with van der Waals surface area (Å²) >= 11 is 0. The zero-order valence-electron chi connectivity index (χ0n) is 18.4. The largest absolute Gasteiger partial charge is 0.378 e. The molecule has 4 heterocycles. The minimum absolute atomic E-state index is 0.104. The van der Waals surface area contributed by atoms with Gasteiger partial charge in [-0.25, -0.2) is 18.9 Å². The highest BCUT2D eigenvalue weighted by Gasteiger charge is 2.26. The molecule has 1 saturated carbocycles. The Morgan fingerprint density at radius 1 is 1.06 bits per heavy atom. The Balaban J connectivity index is 1.52. The number of fused-ring (bicyclic) bond motifs is 1. The maximum absolute atomic E-state index is 13.7. The number of halogens is 1. The summed E-state index contributed by atoms with van der Waals surface area (Å²) in [5, 5.41) is 8.18. The van der Waals surface area contributed by atoms with Gasteiger partial charge in [0.2, 0.25) is 5.95 Å². The first-order chi connectivity index (χ1) is 16.7. The van der Waals surface area contributed by atoms with Gasteiger partial charge in [0.25, 0.3) is 5.91 Å². The van der Waals surface area contributed by atoms with Crippen molar-refractivity contribution < 1.29 is 13.9 Å². The van der Waals surface area contributed by atoms with Crippen LogP contribution in [0.25, 0.3) is 28.0 Å². The monoisotopic (exact) mass is 458 g/mol. The van der Waals surface area contributed by atoms with Gasteiger partial charge in [-0.1, -0.05) is 6.07 Å². The van der Waals surface area contributed by atoms with E-state index in [1.165, 1.54) is 12.1 Å². The SMILES string of the molecule is O=C(c1cccc2c(-c3ccnc(NC4CC4)n3)c(-c3ccc(F)cc3)nn12)N1CCOCC1. The van der Waals surface area contributed by atoms with Gasteiger partial charge in [0, 0.05) is 30.9 Å². The Kier molecular flexibility index (Phi) is 5.18. The average Bonchev–Trinajstić information content (AvgIpc) is 3.60. The van der Waals surface area contributed by atoms with E-state index < -0.39 is 0 Å². The summed E-state index contributed by atoms with van der Waals surface area (Å²) in [7, 11) is 0. The number of hydrogen-bond donors (Lipinski definition) is 1. The fourth-order valence-corrected chi connectivity index (χ4v) is 4.20. The molecule has 0 radical (unpaired) electrons. The number of carbonyl (C=O) groups excluding carboxylic acids is 1. The van der Waals surface area contributed by atoms with Crippen LogP contribution in [-0.2, 0) is 4.74 Å². The minimum atomic E-state index is -0.324. The number of aromatic nitrogens is 4. The number of rotatable bonds is 5. The van der Waals surface area contributed by atoms with Crippen LogP contribution in [0.5, 0.6) is 0 Å². The lowest BCUT2D eigenvalue weighted by atomic mass is 10.0. The summed E-state index contributed by atoms with van der Waals surface area (Å²) in [6.45, 7) is 2.11. The van der Waals surface area contributed by atoms with Crippen molar-refractivity contribution in [3.8, 4) is 22.5 Å². The molecule has 2 fully saturated rings. The lowest BCUT2D eigenvalue weighted by Gasteiger charge is -2.26. The molecule has 0 spiro atoms. The van der Waals surface area contributed by atoms with E-state index in [1.807, 2.05) is 18.2 Å². The smallest absolute Gasteiger partial charge is 0.272 e. The third-order valence-electron chi connectivity index (χ3n) is 6.11. The highest BCUT2D eigenvalue weighted by molar-refractivity contribution is 5.97. The molecule has 1 saturated heterocycles. The van der Waals surface area contributed by atoms with Crippen LogP contribution in [0.4, 0.5) is 10.3 Å². The Morgan fingerprint density at radius 3 is 2.62 bits per heavy atom. The number of ether oxygens (including phenoxy) is 1. The second-order valence-electron chi connectivity index (χ2n) is 8.53. The van der Waals surface area contributed by atoms with Gasteiger partial charge in [-0.05, 0) is 55.3 Å². The average molecular weight is 458 g/mol. The van der Waals surface area contributed by atoms with Gasteiger partial charge in [-0.2, -0.15) is 5.10 Å². The van der Waals surface area contributed by atoms with E-state index >= 15 is 0 Å². The Labute approximate surface area is 195 Å². The molecule has 0 bridgehead atoms. The normalized spacial score (nSPS) is 16.1. The molecule has 1 aliphatic carbocycles. The predicted molar refractivity (Wildman–Crippen MR) is 125 cm³/mol. The Hall–Kier alpha value is -3.85. The van der Waals surface area contributed by atoms with Crippen LogP contribution >= 0.6 is 0 Å². The Morgan fingerprint density at radius 2 is 1.85 bits per heavy atom. The van der Waals surface area contributed by atoms with Gasteiger partial charge >= 0.3 is 0 Å². The highest BCUT2D eigenvalue weighted by Crippen LogP contribution is 2.35. The Bertz CT molecular complexity index is 1360. The van der Waals surface area contributed by atoms with Crippen molar-refractivity contribution in [3.63, 3.8) is 0 Å². The summed E-state index contributed by atoms with van der Waals surface area (Å²) in [6.07, 6.45) is 3.93. The second-order valence-corrected chi connectivity index (χ2v) is 8.53. The predicted octanol–water partition coefficient (Wildman–Crippen LogP) is 3.64. The number of nitrogens with one attached hydrogen (secondary N) is 1. The number of carbonyl (C=O) groups is 1. The van der Waals surface area contributed by atoms with Crippen LogP contribution in [0, 0.1) is 5.82 Å². The maximum Gasteiger partial charge on any atom is 0.272 e.